The van der Waals surface area contributed by atoms with Crippen LogP contribution in [0.15, 0.2) is 18.2 Å². The van der Waals surface area contributed by atoms with Gasteiger partial charge in [-0.3, -0.25) is 10.1 Å². The van der Waals surface area contributed by atoms with Crippen molar-refractivity contribution >= 4 is 11.4 Å². The number of nitro groups is 1. The Morgan fingerprint density at radius 2 is 2.35 bits per heavy atom. The molecule has 1 aliphatic rings. The number of nitrogens with zero attached hydrogens (tertiary/aromatic N) is 2. The average molecular weight is 275 g/mol. The molecule has 0 aliphatic carbocycles. The molecule has 106 valence electrons. The van der Waals surface area contributed by atoms with Gasteiger partial charge in [-0.1, -0.05) is 0 Å². The maximum atomic E-state index is 11.0. The fraction of sp³-hybridized carbons (Fsp3) is 0.500. The van der Waals surface area contributed by atoms with Crippen molar-refractivity contribution in [3.63, 3.8) is 0 Å². The number of benzene rings is 1. The fourth-order valence-electron chi connectivity index (χ4n) is 2.30. The molecule has 0 radical (unpaired) electrons. The molecule has 1 aromatic carbocycles. The first-order chi connectivity index (χ1) is 9.70. The van der Waals surface area contributed by atoms with Crippen LogP contribution in [0, 0.1) is 21.4 Å². The summed E-state index contributed by atoms with van der Waals surface area (Å²) in [4.78, 5) is 10.5. The fourth-order valence-corrected chi connectivity index (χ4v) is 2.30. The molecule has 2 rings (SSSR count). The first-order valence-corrected chi connectivity index (χ1v) is 6.74. The Hall–Kier alpha value is -2.13. The second-order valence-electron chi connectivity index (χ2n) is 4.80. The highest BCUT2D eigenvalue weighted by molar-refractivity contribution is 5.63. The van der Waals surface area contributed by atoms with Gasteiger partial charge < -0.3 is 10.1 Å². The van der Waals surface area contributed by atoms with Gasteiger partial charge in [-0.25, -0.2) is 0 Å². The molecule has 0 saturated carbocycles. The molecule has 0 spiro atoms. The van der Waals surface area contributed by atoms with Gasteiger partial charge >= 0.3 is 0 Å². The van der Waals surface area contributed by atoms with Crippen LogP contribution in [-0.2, 0) is 4.74 Å². The monoisotopic (exact) mass is 275 g/mol. The number of hydrogen-bond donors (Lipinski definition) is 1. The zero-order chi connectivity index (χ0) is 14.4. The number of anilines is 1. The topological polar surface area (TPSA) is 88.2 Å². The van der Waals surface area contributed by atoms with Crippen LogP contribution in [0.25, 0.3) is 0 Å². The van der Waals surface area contributed by atoms with Crippen molar-refractivity contribution in [2.24, 2.45) is 0 Å². The smallest absolute Gasteiger partial charge is 0.293 e. The van der Waals surface area contributed by atoms with Crippen LogP contribution in [0.4, 0.5) is 11.4 Å². The SMILES string of the molecule is N#Cc1ccc(NCCC2CCCCO2)c([N+](=O)[O-])c1. The first-order valence-electron chi connectivity index (χ1n) is 6.74. The highest BCUT2D eigenvalue weighted by atomic mass is 16.6. The molecule has 1 fully saturated rings. The van der Waals surface area contributed by atoms with Gasteiger partial charge in [-0.05, 0) is 37.8 Å². The molecule has 1 N–H and O–H groups in total. The molecule has 0 bridgehead atoms. The van der Waals surface area contributed by atoms with Crippen LogP contribution in [0.5, 0.6) is 0 Å². The van der Waals surface area contributed by atoms with Gasteiger partial charge in [0.15, 0.2) is 0 Å². The summed E-state index contributed by atoms with van der Waals surface area (Å²) >= 11 is 0. The van der Waals surface area contributed by atoms with Gasteiger partial charge in [0.05, 0.1) is 22.7 Å². The van der Waals surface area contributed by atoms with Crippen molar-refractivity contribution in [2.75, 3.05) is 18.5 Å². The zero-order valence-electron chi connectivity index (χ0n) is 11.2. The van der Waals surface area contributed by atoms with Crippen molar-refractivity contribution in [3.8, 4) is 6.07 Å². The molecule has 1 heterocycles. The lowest BCUT2D eigenvalue weighted by atomic mass is 10.1. The Kier molecular flexibility index (Phi) is 4.91. The molecule has 1 saturated heterocycles. The van der Waals surface area contributed by atoms with E-state index in [-0.39, 0.29) is 17.4 Å². The molecule has 20 heavy (non-hydrogen) atoms. The van der Waals surface area contributed by atoms with E-state index in [0.29, 0.717) is 12.2 Å². The Balaban J connectivity index is 1.94. The largest absolute Gasteiger partial charge is 0.379 e. The van der Waals surface area contributed by atoms with Crippen LogP contribution in [0.3, 0.4) is 0 Å². The predicted octanol–water partition coefficient (Wildman–Crippen LogP) is 2.84. The minimum Gasteiger partial charge on any atom is -0.379 e. The number of nitro benzene ring substituents is 1. The van der Waals surface area contributed by atoms with Crippen molar-refractivity contribution < 1.29 is 9.66 Å². The Labute approximate surface area is 117 Å². The Bertz CT molecular complexity index is 519. The maximum Gasteiger partial charge on any atom is 0.293 e. The summed E-state index contributed by atoms with van der Waals surface area (Å²) in [6.07, 6.45) is 4.43. The van der Waals surface area contributed by atoms with Crippen molar-refractivity contribution in [1.29, 1.82) is 5.26 Å². The van der Waals surface area contributed by atoms with Crippen molar-refractivity contribution in [2.45, 2.75) is 31.8 Å². The highest BCUT2D eigenvalue weighted by Crippen LogP contribution is 2.25. The second kappa shape index (κ2) is 6.87. The lowest BCUT2D eigenvalue weighted by Crippen LogP contribution is -2.22. The minimum absolute atomic E-state index is 0.0615. The Morgan fingerprint density at radius 1 is 1.50 bits per heavy atom. The number of rotatable bonds is 5. The molecule has 1 aromatic rings. The number of hydrogen-bond acceptors (Lipinski definition) is 5. The van der Waals surface area contributed by atoms with E-state index in [0.717, 1.165) is 25.9 Å². The average Bonchev–Trinajstić information content (AvgIpc) is 2.48. The number of nitrogens with one attached hydrogen (secondary N) is 1. The lowest BCUT2D eigenvalue weighted by molar-refractivity contribution is -0.384. The summed E-state index contributed by atoms with van der Waals surface area (Å²) in [5, 5.41) is 22.8. The van der Waals surface area contributed by atoms with Gasteiger partial charge in [0.2, 0.25) is 0 Å². The standard InChI is InChI=1S/C14H17N3O3/c15-10-11-4-5-13(14(9-11)17(18)19)16-7-6-12-3-1-2-8-20-12/h4-5,9,12,16H,1-3,6-8H2. The van der Waals surface area contributed by atoms with Crippen LogP contribution >= 0.6 is 0 Å². The van der Waals surface area contributed by atoms with Crippen molar-refractivity contribution in [1.82, 2.24) is 0 Å². The van der Waals surface area contributed by atoms with E-state index >= 15 is 0 Å². The summed E-state index contributed by atoms with van der Waals surface area (Å²) in [7, 11) is 0. The summed E-state index contributed by atoms with van der Waals surface area (Å²) in [6.45, 7) is 1.43. The molecule has 6 nitrogen and oxygen atoms in total. The summed E-state index contributed by atoms with van der Waals surface area (Å²) in [6, 6.07) is 6.35. The molecule has 1 aliphatic heterocycles. The quantitative estimate of drug-likeness (QED) is 0.659. The van der Waals surface area contributed by atoms with E-state index in [1.165, 1.54) is 12.5 Å². The molecule has 6 heteroatoms. The van der Waals surface area contributed by atoms with E-state index in [1.807, 2.05) is 6.07 Å². The first kappa shape index (κ1) is 14.3. The summed E-state index contributed by atoms with van der Waals surface area (Å²) in [5.41, 5.74) is 0.677. The van der Waals surface area contributed by atoms with Crippen LogP contribution in [0.1, 0.15) is 31.2 Å². The zero-order valence-corrected chi connectivity index (χ0v) is 11.2. The Morgan fingerprint density at radius 3 is 3.00 bits per heavy atom. The summed E-state index contributed by atoms with van der Waals surface area (Å²) in [5.74, 6) is 0. The summed E-state index contributed by atoms with van der Waals surface area (Å²) < 4.78 is 5.61. The van der Waals surface area contributed by atoms with Crippen LogP contribution in [0.2, 0.25) is 0 Å². The van der Waals surface area contributed by atoms with E-state index < -0.39 is 4.92 Å². The molecule has 1 atom stereocenters. The van der Waals surface area contributed by atoms with Crippen LogP contribution in [-0.4, -0.2) is 24.2 Å². The van der Waals surface area contributed by atoms with E-state index in [9.17, 15) is 10.1 Å². The lowest BCUT2D eigenvalue weighted by Gasteiger charge is -2.22. The van der Waals surface area contributed by atoms with Gasteiger partial charge in [0, 0.05) is 19.2 Å². The van der Waals surface area contributed by atoms with Gasteiger partial charge in [-0.2, -0.15) is 5.26 Å². The molecule has 0 aromatic heterocycles. The third-order valence-corrected chi connectivity index (χ3v) is 3.38. The molecular weight excluding hydrogens is 258 g/mol. The maximum absolute atomic E-state index is 11.0. The second-order valence-corrected chi connectivity index (χ2v) is 4.80. The molecular formula is C14H17N3O3. The van der Waals surface area contributed by atoms with Crippen molar-refractivity contribution in [3.05, 3.63) is 33.9 Å². The minimum atomic E-state index is -0.472. The molecule has 1 unspecified atom stereocenters. The van der Waals surface area contributed by atoms with Gasteiger partial charge in [0.25, 0.3) is 5.69 Å². The van der Waals surface area contributed by atoms with Gasteiger partial charge in [0.1, 0.15) is 5.69 Å². The number of ether oxygens (including phenoxy) is 1. The highest BCUT2D eigenvalue weighted by Gasteiger charge is 2.16. The predicted molar refractivity (Wildman–Crippen MR) is 74.5 cm³/mol. The van der Waals surface area contributed by atoms with E-state index in [4.69, 9.17) is 10.00 Å². The van der Waals surface area contributed by atoms with Crippen LogP contribution < -0.4 is 5.32 Å². The van der Waals surface area contributed by atoms with E-state index in [1.54, 1.807) is 12.1 Å². The van der Waals surface area contributed by atoms with Gasteiger partial charge in [-0.15, -0.1) is 0 Å². The van der Waals surface area contributed by atoms with E-state index in [2.05, 4.69) is 5.32 Å². The third-order valence-electron chi connectivity index (χ3n) is 3.38. The normalized spacial score (nSPS) is 18.2. The third kappa shape index (κ3) is 3.68. The molecule has 0 amide bonds. The number of nitriles is 1.